The molecule has 0 radical (unpaired) electrons. The van der Waals surface area contributed by atoms with E-state index in [1.807, 2.05) is 4.90 Å². The summed E-state index contributed by atoms with van der Waals surface area (Å²) in [7, 11) is 1.86. The van der Waals surface area contributed by atoms with E-state index in [1.165, 1.54) is 12.8 Å². The Morgan fingerprint density at radius 3 is 1.85 bits per heavy atom. The van der Waals surface area contributed by atoms with E-state index in [2.05, 4.69) is 13.8 Å². The zero-order valence-corrected chi connectivity index (χ0v) is 23.1. The van der Waals surface area contributed by atoms with Gasteiger partial charge in [0.25, 0.3) is 0 Å². The number of hydrogen-bond donors (Lipinski definition) is 3. The van der Waals surface area contributed by atoms with Crippen molar-refractivity contribution in [2.75, 3.05) is 67.4 Å². The predicted octanol–water partition coefficient (Wildman–Crippen LogP) is 1.64. The molecule has 9 nitrogen and oxygen atoms in total. The standard InChI is InChI=1S/C23H52NO8Si/c1-7-9-11-21(8-2)17-32-19-23(27)16-24(14-20(3)25)15-22(26)18-31-12-10-13-33(28-4,29-5)30-6/h20-23,25-27,33H,7-19H2,1-6H3/q-1. The minimum absolute atomic E-state index is 0.170. The van der Waals surface area contributed by atoms with E-state index in [1.54, 1.807) is 28.3 Å². The van der Waals surface area contributed by atoms with E-state index < -0.39 is 27.1 Å². The number of unbranched alkanes of at least 4 members (excludes halogenated alkanes) is 1. The number of hydrogen-bond acceptors (Lipinski definition) is 9. The molecule has 0 fully saturated rings. The van der Waals surface area contributed by atoms with Gasteiger partial charge in [-0.3, -0.25) is 0 Å². The van der Waals surface area contributed by atoms with Crippen molar-refractivity contribution in [2.24, 2.45) is 5.92 Å². The van der Waals surface area contributed by atoms with Crippen LogP contribution in [0.4, 0.5) is 0 Å². The van der Waals surface area contributed by atoms with Crippen LogP contribution in [0, 0.1) is 5.92 Å². The molecule has 0 amide bonds. The van der Waals surface area contributed by atoms with Gasteiger partial charge in [-0.25, -0.2) is 0 Å². The van der Waals surface area contributed by atoms with Crippen LogP contribution in [0.15, 0.2) is 0 Å². The van der Waals surface area contributed by atoms with Gasteiger partial charge in [0.15, 0.2) is 0 Å². The van der Waals surface area contributed by atoms with Crippen LogP contribution in [0.2, 0.25) is 6.04 Å². The second-order valence-electron chi connectivity index (χ2n) is 9.04. The maximum atomic E-state index is 10.4. The molecule has 0 saturated carbocycles. The van der Waals surface area contributed by atoms with E-state index in [9.17, 15) is 15.3 Å². The van der Waals surface area contributed by atoms with Crippen molar-refractivity contribution < 1.29 is 38.1 Å². The molecule has 0 spiro atoms. The first-order valence-electron chi connectivity index (χ1n) is 12.5. The summed E-state index contributed by atoms with van der Waals surface area (Å²) in [6, 6.07) is 0.657. The first kappa shape index (κ1) is 32.9. The van der Waals surface area contributed by atoms with Gasteiger partial charge < -0.3 is 0 Å². The molecule has 33 heavy (non-hydrogen) atoms. The summed E-state index contributed by atoms with van der Waals surface area (Å²) >= 11 is 0. The van der Waals surface area contributed by atoms with Gasteiger partial charge in [0.1, 0.15) is 0 Å². The molecule has 0 aromatic carbocycles. The van der Waals surface area contributed by atoms with Crippen LogP contribution in [-0.2, 0) is 22.8 Å². The Balaban J connectivity index is 4.32. The van der Waals surface area contributed by atoms with Crippen molar-refractivity contribution in [3.05, 3.63) is 0 Å². The molecular weight excluding hydrogens is 446 g/mol. The third-order valence-electron chi connectivity index (χ3n) is 5.90. The Morgan fingerprint density at radius 1 is 0.788 bits per heavy atom. The molecule has 0 aliphatic rings. The van der Waals surface area contributed by atoms with E-state index >= 15 is 0 Å². The van der Waals surface area contributed by atoms with Gasteiger partial charge in [-0.15, -0.1) is 0 Å². The van der Waals surface area contributed by atoms with Gasteiger partial charge in [-0.05, 0) is 12.3 Å². The SMILES string of the molecule is CCCCC(CC)COCC(O)CN(CC(C)O)CC(O)COCCC[SiH-](OC)(OC)OC. The third-order valence-corrected chi connectivity index (χ3v) is 9.17. The van der Waals surface area contributed by atoms with Crippen molar-refractivity contribution >= 4 is 8.80 Å². The van der Waals surface area contributed by atoms with E-state index in [-0.39, 0.29) is 13.2 Å². The molecule has 0 aliphatic carbocycles. The molecule has 0 saturated heterocycles. The zero-order chi connectivity index (χ0) is 25.1. The van der Waals surface area contributed by atoms with E-state index in [0.29, 0.717) is 51.2 Å². The summed E-state index contributed by atoms with van der Waals surface area (Å²) in [5.74, 6) is 0.523. The van der Waals surface area contributed by atoms with Crippen molar-refractivity contribution in [2.45, 2.75) is 77.2 Å². The number of ether oxygens (including phenoxy) is 2. The Hall–Kier alpha value is -0.143. The maximum absolute atomic E-state index is 10.4. The monoisotopic (exact) mass is 498 g/mol. The van der Waals surface area contributed by atoms with Crippen LogP contribution >= 0.6 is 0 Å². The molecule has 0 aromatic rings. The molecule has 0 aromatic heterocycles. The molecule has 3 N–H and O–H groups in total. The first-order valence-corrected chi connectivity index (χ1v) is 14.7. The van der Waals surface area contributed by atoms with Crippen LogP contribution in [0.5, 0.6) is 0 Å². The Morgan fingerprint density at radius 2 is 1.36 bits per heavy atom. The summed E-state index contributed by atoms with van der Waals surface area (Å²) in [6.45, 7) is 8.54. The summed E-state index contributed by atoms with van der Waals surface area (Å²) < 4.78 is 27.6. The molecule has 202 valence electrons. The summed E-state index contributed by atoms with van der Waals surface area (Å²) in [5.41, 5.74) is 0. The van der Waals surface area contributed by atoms with Gasteiger partial charge in [-0.1, -0.05) is 33.1 Å². The quantitative estimate of drug-likeness (QED) is 0.143. The van der Waals surface area contributed by atoms with E-state index in [0.717, 1.165) is 12.8 Å². The van der Waals surface area contributed by atoms with Crippen molar-refractivity contribution in [3.8, 4) is 0 Å². The van der Waals surface area contributed by atoms with Gasteiger partial charge in [0.05, 0.1) is 0 Å². The fraction of sp³-hybridized carbons (Fsp3) is 1.00. The van der Waals surface area contributed by atoms with Crippen LogP contribution in [0.1, 0.15) is 52.9 Å². The fourth-order valence-electron chi connectivity index (χ4n) is 3.86. The van der Waals surface area contributed by atoms with Gasteiger partial charge in [0.2, 0.25) is 0 Å². The molecule has 0 aliphatic heterocycles. The Labute approximate surface area is 202 Å². The van der Waals surface area contributed by atoms with Gasteiger partial charge >= 0.3 is 150 Å². The zero-order valence-electron chi connectivity index (χ0n) is 21.9. The minimum atomic E-state index is -2.91. The van der Waals surface area contributed by atoms with Gasteiger partial charge in [-0.2, -0.15) is 0 Å². The summed E-state index contributed by atoms with van der Waals surface area (Å²) in [6.07, 6.45) is 3.32. The van der Waals surface area contributed by atoms with Crippen molar-refractivity contribution in [3.63, 3.8) is 0 Å². The molecule has 10 heteroatoms. The molecular formula is C23H52NO8Si-. The van der Waals surface area contributed by atoms with Crippen LogP contribution in [0.3, 0.4) is 0 Å². The second kappa shape index (κ2) is 20.1. The number of nitrogens with zero attached hydrogens (tertiary/aromatic N) is 1. The van der Waals surface area contributed by atoms with E-state index in [4.69, 9.17) is 22.8 Å². The molecule has 0 heterocycles. The number of aliphatic hydroxyl groups is 3. The topological polar surface area (TPSA) is 110 Å². The van der Waals surface area contributed by atoms with Crippen LogP contribution < -0.4 is 0 Å². The normalized spacial score (nSPS) is 16.7. The van der Waals surface area contributed by atoms with Crippen LogP contribution in [-0.4, -0.2) is 115 Å². The average Bonchev–Trinajstić information content (AvgIpc) is 2.78. The van der Waals surface area contributed by atoms with Crippen molar-refractivity contribution in [1.29, 1.82) is 0 Å². The molecule has 4 unspecified atom stereocenters. The Bertz CT molecular complexity index is 434. The first-order chi connectivity index (χ1) is 15.7. The molecule has 4 atom stereocenters. The fourth-order valence-corrected chi connectivity index (χ4v) is 5.82. The average molecular weight is 499 g/mol. The summed E-state index contributed by atoms with van der Waals surface area (Å²) in [4.78, 5) is 1.85. The second-order valence-corrected chi connectivity index (χ2v) is 12.6. The number of rotatable bonds is 23. The molecule has 0 rings (SSSR count). The van der Waals surface area contributed by atoms with Gasteiger partial charge in [0, 0.05) is 6.61 Å². The predicted molar refractivity (Wildman–Crippen MR) is 133 cm³/mol. The number of aliphatic hydroxyl groups excluding tert-OH is 3. The van der Waals surface area contributed by atoms with Crippen LogP contribution in [0.25, 0.3) is 0 Å². The third kappa shape index (κ3) is 16.2. The molecule has 0 bridgehead atoms. The Kier molecular flexibility index (Phi) is 20.0. The van der Waals surface area contributed by atoms with Crippen molar-refractivity contribution in [1.82, 2.24) is 4.90 Å². The summed E-state index contributed by atoms with van der Waals surface area (Å²) in [5, 5.41) is 30.6.